The third kappa shape index (κ3) is 4.94. The van der Waals surface area contributed by atoms with Gasteiger partial charge in [-0.25, -0.2) is 0 Å². The lowest BCUT2D eigenvalue weighted by molar-refractivity contribution is -0.134. The maximum absolute atomic E-state index is 12.2. The van der Waals surface area contributed by atoms with E-state index in [1.165, 1.54) is 25.9 Å². The van der Waals surface area contributed by atoms with Crippen LogP contribution >= 0.6 is 0 Å². The second-order valence-electron chi connectivity index (χ2n) is 5.87. The van der Waals surface area contributed by atoms with Gasteiger partial charge in [-0.15, -0.1) is 0 Å². The van der Waals surface area contributed by atoms with Crippen molar-refractivity contribution in [1.82, 2.24) is 9.80 Å². The molecule has 1 unspecified atom stereocenters. The van der Waals surface area contributed by atoms with E-state index in [1.54, 1.807) is 0 Å². The number of likely N-dealkylation sites (N-methyl/N-ethyl adjacent to an activating group) is 1. The van der Waals surface area contributed by atoms with Gasteiger partial charge in [0, 0.05) is 26.7 Å². The van der Waals surface area contributed by atoms with E-state index < -0.39 is 0 Å². The third-order valence-corrected chi connectivity index (χ3v) is 3.72. The van der Waals surface area contributed by atoms with E-state index in [4.69, 9.17) is 5.73 Å². The average molecular weight is 255 g/mol. The highest BCUT2D eigenvalue weighted by molar-refractivity contribution is 5.78. The normalized spacial score (nSPS) is 18.3. The molecule has 4 heteroatoms. The lowest BCUT2D eigenvalue weighted by Crippen LogP contribution is -2.41. The molecule has 106 valence electrons. The SMILES string of the molecule is CC(C)CC(CN)C(=O)N(C)CCN1CCCC1. The molecule has 1 heterocycles. The van der Waals surface area contributed by atoms with Crippen LogP contribution in [0.5, 0.6) is 0 Å². The zero-order chi connectivity index (χ0) is 13.5. The number of nitrogens with zero attached hydrogens (tertiary/aromatic N) is 2. The standard InChI is InChI=1S/C14H29N3O/c1-12(2)10-13(11-15)14(18)16(3)8-9-17-6-4-5-7-17/h12-13H,4-11,15H2,1-3H3. The molecule has 0 aliphatic carbocycles. The zero-order valence-electron chi connectivity index (χ0n) is 12.2. The Morgan fingerprint density at radius 3 is 2.44 bits per heavy atom. The van der Waals surface area contributed by atoms with Gasteiger partial charge in [-0.05, 0) is 38.3 Å². The van der Waals surface area contributed by atoms with E-state index in [-0.39, 0.29) is 11.8 Å². The first kappa shape index (κ1) is 15.4. The third-order valence-electron chi connectivity index (χ3n) is 3.72. The lowest BCUT2D eigenvalue weighted by Gasteiger charge is -2.26. The molecule has 1 amide bonds. The molecule has 0 aromatic carbocycles. The van der Waals surface area contributed by atoms with Crippen molar-refractivity contribution >= 4 is 5.91 Å². The van der Waals surface area contributed by atoms with Gasteiger partial charge in [-0.1, -0.05) is 13.8 Å². The number of rotatable bonds is 7. The number of nitrogens with two attached hydrogens (primary N) is 1. The molecule has 2 N–H and O–H groups in total. The van der Waals surface area contributed by atoms with Gasteiger partial charge in [0.1, 0.15) is 0 Å². The Morgan fingerprint density at radius 2 is 1.94 bits per heavy atom. The summed E-state index contributed by atoms with van der Waals surface area (Å²) in [6.07, 6.45) is 3.50. The van der Waals surface area contributed by atoms with Gasteiger partial charge in [0.2, 0.25) is 5.91 Å². The van der Waals surface area contributed by atoms with Crippen LogP contribution in [0.4, 0.5) is 0 Å². The highest BCUT2D eigenvalue weighted by Gasteiger charge is 2.22. The fourth-order valence-corrected chi connectivity index (χ4v) is 2.59. The molecule has 1 saturated heterocycles. The monoisotopic (exact) mass is 255 g/mol. The van der Waals surface area contributed by atoms with Crippen molar-refractivity contribution in [1.29, 1.82) is 0 Å². The van der Waals surface area contributed by atoms with Crippen molar-refractivity contribution in [2.24, 2.45) is 17.6 Å². The van der Waals surface area contributed by atoms with Crippen molar-refractivity contribution in [2.75, 3.05) is 39.8 Å². The van der Waals surface area contributed by atoms with Crippen LogP contribution in [-0.4, -0.2) is 55.5 Å². The van der Waals surface area contributed by atoms with Crippen molar-refractivity contribution in [2.45, 2.75) is 33.1 Å². The first-order chi connectivity index (χ1) is 8.54. The Bertz CT molecular complexity index is 249. The maximum Gasteiger partial charge on any atom is 0.226 e. The van der Waals surface area contributed by atoms with Crippen LogP contribution in [0.25, 0.3) is 0 Å². The Kier molecular flexibility index (Phi) is 6.65. The fraction of sp³-hybridized carbons (Fsp3) is 0.929. The topological polar surface area (TPSA) is 49.6 Å². The zero-order valence-corrected chi connectivity index (χ0v) is 12.2. The van der Waals surface area contributed by atoms with Crippen LogP contribution in [-0.2, 0) is 4.79 Å². The molecule has 1 fully saturated rings. The van der Waals surface area contributed by atoms with Crippen LogP contribution in [0, 0.1) is 11.8 Å². The Hall–Kier alpha value is -0.610. The van der Waals surface area contributed by atoms with Crippen LogP contribution < -0.4 is 5.73 Å². The second-order valence-corrected chi connectivity index (χ2v) is 5.87. The summed E-state index contributed by atoms with van der Waals surface area (Å²) >= 11 is 0. The number of amides is 1. The number of hydrogen-bond acceptors (Lipinski definition) is 3. The molecular formula is C14H29N3O. The average Bonchev–Trinajstić information content (AvgIpc) is 2.84. The van der Waals surface area contributed by atoms with Crippen LogP contribution in [0.1, 0.15) is 33.1 Å². The van der Waals surface area contributed by atoms with Crippen molar-refractivity contribution in [3.63, 3.8) is 0 Å². The number of likely N-dealkylation sites (tertiary alicyclic amines) is 1. The molecule has 0 radical (unpaired) electrons. The second kappa shape index (κ2) is 7.74. The van der Waals surface area contributed by atoms with E-state index in [0.717, 1.165) is 19.5 Å². The molecule has 1 aliphatic rings. The molecule has 0 aromatic heterocycles. The number of carbonyl (C=O) groups is 1. The maximum atomic E-state index is 12.2. The summed E-state index contributed by atoms with van der Waals surface area (Å²) in [5.74, 6) is 0.730. The van der Waals surface area contributed by atoms with Crippen molar-refractivity contribution in [3.05, 3.63) is 0 Å². The number of carbonyl (C=O) groups excluding carboxylic acids is 1. The summed E-state index contributed by atoms with van der Waals surface area (Å²) in [7, 11) is 1.90. The molecule has 1 aliphatic heterocycles. The smallest absolute Gasteiger partial charge is 0.226 e. The fourth-order valence-electron chi connectivity index (χ4n) is 2.59. The summed E-state index contributed by atoms with van der Waals surface area (Å²) in [6, 6.07) is 0. The molecular weight excluding hydrogens is 226 g/mol. The predicted octanol–water partition coefficient (Wildman–Crippen LogP) is 1.16. The summed E-state index contributed by atoms with van der Waals surface area (Å²) < 4.78 is 0. The molecule has 4 nitrogen and oxygen atoms in total. The Balaban J connectivity index is 2.33. The largest absolute Gasteiger partial charge is 0.344 e. The van der Waals surface area contributed by atoms with E-state index in [1.807, 2.05) is 11.9 Å². The first-order valence-corrected chi connectivity index (χ1v) is 7.22. The van der Waals surface area contributed by atoms with Crippen LogP contribution in [0.2, 0.25) is 0 Å². The highest BCUT2D eigenvalue weighted by Crippen LogP contribution is 2.13. The van der Waals surface area contributed by atoms with E-state index >= 15 is 0 Å². The van der Waals surface area contributed by atoms with Gasteiger partial charge in [0.25, 0.3) is 0 Å². The van der Waals surface area contributed by atoms with E-state index in [2.05, 4.69) is 18.7 Å². The molecule has 18 heavy (non-hydrogen) atoms. The van der Waals surface area contributed by atoms with Crippen LogP contribution in [0.15, 0.2) is 0 Å². The Morgan fingerprint density at radius 1 is 1.33 bits per heavy atom. The van der Waals surface area contributed by atoms with Gasteiger partial charge >= 0.3 is 0 Å². The van der Waals surface area contributed by atoms with E-state index in [9.17, 15) is 4.79 Å². The van der Waals surface area contributed by atoms with Gasteiger partial charge in [-0.3, -0.25) is 4.79 Å². The molecule has 0 bridgehead atoms. The summed E-state index contributed by atoms with van der Waals surface area (Å²) in [5.41, 5.74) is 5.72. The van der Waals surface area contributed by atoms with Gasteiger partial charge in [0.05, 0.1) is 5.92 Å². The van der Waals surface area contributed by atoms with Crippen LogP contribution in [0.3, 0.4) is 0 Å². The molecule has 1 rings (SSSR count). The minimum Gasteiger partial charge on any atom is -0.344 e. The molecule has 0 spiro atoms. The predicted molar refractivity (Wildman–Crippen MR) is 75.3 cm³/mol. The highest BCUT2D eigenvalue weighted by atomic mass is 16.2. The Labute approximate surface area is 111 Å². The summed E-state index contributed by atoms with van der Waals surface area (Å²) in [4.78, 5) is 16.5. The van der Waals surface area contributed by atoms with Gasteiger partial charge < -0.3 is 15.5 Å². The summed E-state index contributed by atoms with van der Waals surface area (Å²) in [6.45, 7) is 8.95. The van der Waals surface area contributed by atoms with Crippen molar-refractivity contribution in [3.8, 4) is 0 Å². The lowest BCUT2D eigenvalue weighted by atomic mass is 9.96. The van der Waals surface area contributed by atoms with Crippen molar-refractivity contribution < 1.29 is 4.79 Å². The number of hydrogen-bond donors (Lipinski definition) is 1. The molecule has 0 aromatic rings. The van der Waals surface area contributed by atoms with Gasteiger partial charge in [-0.2, -0.15) is 0 Å². The minimum absolute atomic E-state index is 0.00595. The molecule has 0 saturated carbocycles. The molecule has 1 atom stereocenters. The summed E-state index contributed by atoms with van der Waals surface area (Å²) in [5, 5.41) is 0. The first-order valence-electron chi connectivity index (χ1n) is 7.22. The minimum atomic E-state index is -0.00595. The van der Waals surface area contributed by atoms with Gasteiger partial charge in [0.15, 0.2) is 0 Å². The quantitative estimate of drug-likeness (QED) is 0.743. The van der Waals surface area contributed by atoms with E-state index in [0.29, 0.717) is 12.5 Å².